The Morgan fingerprint density at radius 3 is 0.833 bits per heavy atom. The molecule has 0 atom stereocenters. The number of fused-ring (bicyclic) bond motifs is 6. The molecule has 3 heterocycles. The van der Waals surface area contributed by atoms with E-state index in [1.807, 2.05) is 34.0 Å². The zero-order chi connectivity index (χ0) is 24.4. The molecule has 0 radical (unpaired) electrons. The van der Waals surface area contributed by atoms with Crippen LogP contribution in [0.15, 0.2) is 102 Å². The summed E-state index contributed by atoms with van der Waals surface area (Å²) in [4.78, 5) is 3.89. The normalized spacial score (nSPS) is 11.8. The van der Waals surface area contributed by atoms with Crippen molar-refractivity contribution in [2.45, 2.75) is 0 Å². The summed E-state index contributed by atoms with van der Waals surface area (Å²) in [5.41, 5.74) is 3.73. The van der Waals surface area contributed by atoms with Crippen LogP contribution in [0.4, 0.5) is 0 Å². The third-order valence-electron chi connectivity index (χ3n) is 6.45. The molecule has 0 spiro atoms. The smallest absolute Gasteiger partial charge is 0.0790 e. The van der Waals surface area contributed by atoms with Crippen molar-refractivity contribution in [1.29, 1.82) is 0 Å². The third kappa shape index (κ3) is 3.53. The minimum Gasteiger partial charge on any atom is -0.127 e. The predicted octanol–water partition coefficient (Wildman–Crippen LogP) is 12.6. The number of thiophene rings is 3. The van der Waals surface area contributed by atoms with Crippen molar-refractivity contribution < 1.29 is 0 Å². The molecule has 7 rings (SSSR count). The van der Waals surface area contributed by atoms with Gasteiger partial charge in [-0.2, -0.15) is 0 Å². The summed E-state index contributed by atoms with van der Waals surface area (Å²) < 4.78 is 3.51. The molecule has 0 aliphatic carbocycles. The van der Waals surface area contributed by atoms with Gasteiger partial charge < -0.3 is 0 Å². The molecule has 3 aromatic heterocycles. The van der Waals surface area contributed by atoms with Gasteiger partial charge in [-0.1, -0.05) is 91.0 Å². The lowest BCUT2D eigenvalue weighted by Crippen LogP contribution is -1.82. The van der Waals surface area contributed by atoms with Gasteiger partial charge in [0.2, 0.25) is 0 Å². The van der Waals surface area contributed by atoms with Gasteiger partial charge in [0.15, 0.2) is 0 Å². The van der Waals surface area contributed by atoms with Crippen LogP contribution in [0.3, 0.4) is 0 Å². The third-order valence-corrected chi connectivity index (χ3v) is 12.2. The highest BCUT2D eigenvalue weighted by Crippen LogP contribution is 2.59. The topological polar surface area (TPSA) is 0 Å². The Hall–Kier alpha value is -1.80. The monoisotopic (exact) mass is 708 g/mol. The molecular weight excluding hydrogens is 696 g/mol. The SMILES string of the molecule is Brc1sc(-c2ccccc2)c2c1c1c(-c3ccccc3)sc(Br)c1c1c(-c3ccccc3)sc(Br)c21. The summed E-state index contributed by atoms with van der Waals surface area (Å²) in [6, 6.07) is 32.3. The number of benzene rings is 4. The summed E-state index contributed by atoms with van der Waals surface area (Å²) in [7, 11) is 0. The molecule has 174 valence electrons. The highest BCUT2D eigenvalue weighted by Gasteiger charge is 2.28. The van der Waals surface area contributed by atoms with E-state index in [0.29, 0.717) is 0 Å². The molecule has 4 aromatic carbocycles. The summed E-state index contributed by atoms with van der Waals surface area (Å²) in [6.07, 6.45) is 0. The molecule has 6 heteroatoms. The van der Waals surface area contributed by atoms with Gasteiger partial charge in [-0.15, -0.1) is 34.0 Å². The molecule has 0 saturated carbocycles. The van der Waals surface area contributed by atoms with E-state index < -0.39 is 0 Å². The summed E-state index contributed by atoms with van der Waals surface area (Å²) >= 11 is 17.5. The standard InChI is InChI=1S/C30H15Br3S3/c31-28-22-19(25(34-28)16-10-4-1-5-11-16)23-21(27(35-29(23)32)18-14-8-3-9-15-18)24-20(22)26(36-30(24)33)17-12-6-2-7-13-17/h1-15H. The van der Waals surface area contributed by atoms with Crippen LogP contribution in [0.1, 0.15) is 0 Å². The molecule has 0 unspecified atom stereocenters. The molecule has 36 heavy (non-hydrogen) atoms. The van der Waals surface area contributed by atoms with Crippen LogP contribution in [0, 0.1) is 0 Å². The number of hydrogen-bond acceptors (Lipinski definition) is 3. The molecule has 0 fully saturated rings. The molecule has 0 aliphatic heterocycles. The van der Waals surface area contributed by atoms with Crippen molar-refractivity contribution in [3.05, 3.63) is 102 Å². The Balaban J connectivity index is 1.77. The van der Waals surface area contributed by atoms with Gasteiger partial charge in [-0.05, 0) is 64.5 Å². The summed E-state index contributed by atoms with van der Waals surface area (Å²) in [5.74, 6) is 0. The zero-order valence-corrected chi connectivity index (χ0v) is 25.7. The van der Waals surface area contributed by atoms with Crippen LogP contribution in [0.2, 0.25) is 0 Å². The van der Waals surface area contributed by atoms with Crippen LogP contribution in [-0.4, -0.2) is 0 Å². The highest BCUT2D eigenvalue weighted by atomic mass is 79.9. The van der Waals surface area contributed by atoms with Gasteiger partial charge in [0, 0.05) is 46.9 Å². The lowest BCUT2D eigenvalue weighted by molar-refractivity contribution is 1.71. The molecular formula is C30H15Br3S3. The lowest BCUT2D eigenvalue weighted by Gasteiger charge is -2.08. The fourth-order valence-electron chi connectivity index (χ4n) is 4.97. The zero-order valence-electron chi connectivity index (χ0n) is 18.5. The van der Waals surface area contributed by atoms with Gasteiger partial charge in [0.05, 0.1) is 11.4 Å². The molecule has 0 N–H and O–H groups in total. The predicted molar refractivity (Wildman–Crippen MR) is 172 cm³/mol. The van der Waals surface area contributed by atoms with E-state index in [1.54, 1.807) is 0 Å². The quantitative estimate of drug-likeness (QED) is 0.171. The first-order chi connectivity index (χ1) is 17.6. The van der Waals surface area contributed by atoms with Crippen LogP contribution in [0.5, 0.6) is 0 Å². The highest BCUT2D eigenvalue weighted by molar-refractivity contribution is 9.11. The minimum absolute atomic E-state index is 1.17. The Morgan fingerprint density at radius 1 is 0.333 bits per heavy atom. The summed E-state index contributed by atoms with van der Waals surface area (Å²) in [6.45, 7) is 0. The van der Waals surface area contributed by atoms with E-state index in [0.717, 1.165) is 0 Å². The maximum absolute atomic E-state index is 4.01. The van der Waals surface area contributed by atoms with Gasteiger partial charge in [0.25, 0.3) is 0 Å². The van der Waals surface area contributed by atoms with Gasteiger partial charge in [-0.25, -0.2) is 0 Å². The van der Waals surface area contributed by atoms with Crippen molar-refractivity contribution in [2.75, 3.05) is 0 Å². The van der Waals surface area contributed by atoms with Crippen LogP contribution < -0.4 is 0 Å². The first-order valence-corrected chi connectivity index (χ1v) is 16.1. The van der Waals surface area contributed by atoms with Gasteiger partial charge in [0.1, 0.15) is 0 Å². The second-order valence-electron chi connectivity index (χ2n) is 8.46. The number of hydrogen-bond donors (Lipinski definition) is 0. The van der Waals surface area contributed by atoms with E-state index in [1.165, 1.54) is 75.0 Å². The average Bonchev–Trinajstić information content (AvgIpc) is 3.56. The van der Waals surface area contributed by atoms with Crippen LogP contribution in [0.25, 0.3) is 63.6 Å². The van der Waals surface area contributed by atoms with E-state index in [9.17, 15) is 0 Å². The Bertz CT molecular complexity index is 1640. The second-order valence-corrected chi connectivity index (χ2v) is 15.5. The van der Waals surface area contributed by atoms with Crippen LogP contribution >= 0.6 is 81.8 Å². The number of halogens is 3. The minimum atomic E-state index is 1.17. The van der Waals surface area contributed by atoms with E-state index in [2.05, 4.69) is 139 Å². The number of rotatable bonds is 3. The summed E-state index contributed by atoms with van der Waals surface area (Å²) in [5, 5.41) is 7.82. The molecule has 7 aromatic rings. The molecule has 0 amide bonds. The molecule has 0 bridgehead atoms. The second kappa shape index (κ2) is 9.19. The van der Waals surface area contributed by atoms with Crippen LogP contribution in [-0.2, 0) is 0 Å². The first kappa shape index (κ1) is 23.3. The maximum atomic E-state index is 4.01. The fourth-order valence-corrected chi connectivity index (χ4v) is 10.8. The fraction of sp³-hybridized carbons (Fsp3) is 0. The maximum Gasteiger partial charge on any atom is 0.0790 e. The Morgan fingerprint density at radius 2 is 0.583 bits per heavy atom. The van der Waals surface area contributed by atoms with Crippen molar-refractivity contribution in [1.82, 2.24) is 0 Å². The Kier molecular flexibility index (Phi) is 5.96. The molecule has 0 saturated heterocycles. The lowest BCUT2D eigenvalue weighted by atomic mass is 9.95. The average molecular weight is 711 g/mol. The van der Waals surface area contributed by atoms with Gasteiger partial charge >= 0.3 is 0 Å². The molecule has 0 aliphatic rings. The van der Waals surface area contributed by atoms with Crippen molar-refractivity contribution in [3.63, 3.8) is 0 Å². The molecule has 0 nitrogen and oxygen atoms in total. The first-order valence-electron chi connectivity index (χ1n) is 11.3. The van der Waals surface area contributed by atoms with E-state index in [4.69, 9.17) is 0 Å². The van der Waals surface area contributed by atoms with Crippen molar-refractivity contribution in [3.8, 4) is 31.3 Å². The van der Waals surface area contributed by atoms with E-state index >= 15 is 0 Å². The van der Waals surface area contributed by atoms with Crippen molar-refractivity contribution >= 4 is 114 Å². The van der Waals surface area contributed by atoms with E-state index in [-0.39, 0.29) is 0 Å². The Labute approximate surface area is 245 Å². The van der Waals surface area contributed by atoms with Crippen molar-refractivity contribution in [2.24, 2.45) is 0 Å². The van der Waals surface area contributed by atoms with Gasteiger partial charge in [-0.3, -0.25) is 0 Å². The largest absolute Gasteiger partial charge is 0.127 e.